The van der Waals surface area contributed by atoms with Crippen LogP contribution in [0.4, 0.5) is 0 Å². The van der Waals surface area contributed by atoms with Gasteiger partial charge in [-0.2, -0.15) is 0 Å². The van der Waals surface area contributed by atoms with Gasteiger partial charge in [-0.3, -0.25) is 0 Å². The van der Waals surface area contributed by atoms with E-state index in [2.05, 4.69) is 48.7 Å². The molecular weight excluding hydrogens is 224 g/mol. The molecular formula is C15H24N2O. The van der Waals surface area contributed by atoms with Crippen LogP contribution in [0.2, 0.25) is 0 Å². The Morgan fingerprint density at radius 1 is 1.39 bits per heavy atom. The third kappa shape index (κ3) is 3.55. The summed E-state index contributed by atoms with van der Waals surface area (Å²) in [5.41, 5.74) is 2.76. The van der Waals surface area contributed by atoms with E-state index in [0.29, 0.717) is 12.0 Å². The number of β-amino-alcohol motifs (C(OH)–C–C–N with tert-alkyl or cyclic N) is 1. The minimum absolute atomic E-state index is 0.192. The van der Waals surface area contributed by atoms with Crippen molar-refractivity contribution in [1.29, 1.82) is 0 Å². The quantitative estimate of drug-likeness (QED) is 0.731. The molecule has 1 saturated heterocycles. The predicted molar refractivity (Wildman–Crippen MR) is 74.7 cm³/mol. The van der Waals surface area contributed by atoms with E-state index >= 15 is 0 Å². The second-order valence-corrected chi connectivity index (χ2v) is 5.43. The zero-order chi connectivity index (χ0) is 13.0. The first-order chi connectivity index (χ1) is 8.66. The molecule has 0 saturated carbocycles. The summed E-state index contributed by atoms with van der Waals surface area (Å²) in [7, 11) is 0. The summed E-state index contributed by atoms with van der Waals surface area (Å²) in [4.78, 5) is 0. The molecule has 3 N–H and O–H groups in total. The zero-order valence-corrected chi connectivity index (χ0v) is 11.3. The molecule has 0 aliphatic carbocycles. The summed E-state index contributed by atoms with van der Waals surface area (Å²) >= 11 is 0. The third-order valence-electron chi connectivity index (χ3n) is 3.82. The fourth-order valence-corrected chi connectivity index (χ4v) is 2.52. The Morgan fingerprint density at radius 2 is 2.17 bits per heavy atom. The van der Waals surface area contributed by atoms with Crippen molar-refractivity contribution in [2.75, 3.05) is 19.6 Å². The fraction of sp³-hybridized carbons (Fsp3) is 0.600. The van der Waals surface area contributed by atoms with Gasteiger partial charge in [0, 0.05) is 31.6 Å². The van der Waals surface area contributed by atoms with Crippen LogP contribution in [0.5, 0.6) is 0 Å². The molecule has 0 spiro atoms. The highest BCUT2D eigenvalue weighted by atomic mass is 16.3. The van der Waals surface area contributed by atoms with Gasteiger partial charge >= 0.3 is 0 Å². The van der Waals surface area contributed by atoms with Crippen LogP contribution in [0.3, 0.4) is 0 Å². The molecule has 1 aliphatic rings. The second-order valence-electron chi connectivity index (χ2n) is 5.43. The fourth-order valence-electron chi connectivity index (χ4n) is 2.52. The van der Waals surface area contributed by atoms with Crippen LogP contribution in [0.15, 0.2) is 24.3 Å². The van der Waals surface area contributed by atoms with Crippen molar-refractivity contribution in [3.63, 3.8) is 0 Å². The number of aliphatic hydroxyl groups is 1. The highest BCUT2D eigenvalue weighted by Gasteiger charge is 2.24. The Kier molecular flexibility index (Phi) is 4.75. The molecule has 0 aromatic heterocycles. The maximum atomic E-state index is 9.73. The summed E-state index contributed by atoms with van der Waals surface area (Å²) in [5.74, 6) is 0.351. The summed E-state index contributed by atoms with van der Waals surface area (Å²) in [6, 6.07) is 8.97. The van der Waals surface area contributed by atoms with Crippen molar-refractivity contribution in [2.24, 2.45) is 5.92 Å². The molecule has 1 aliphatic heterocycles. The average Bonchev–Trinajstić information content (AvgIpc) is 2.75. The van der Waals surface area contributed by atoms with Crippen LogP contribution >= 0.6 is 0 Å². The maximum Gasteiger partial charge on any atom is 0.0716 e. The normalized spacial score (nSPS) is 25.3. The van der Waals surface area contributed by atoms with Crippen LogP contribution in [0.25, 0.3) is 0 Å². The molecule has 3 heteroatoms. The van der Waals surface area contributed by atoms with E-state index in [1.807, 2.05) is 0 Å². The Bertz CT molecular complexity index is 381. The molecule has 100 valence electrons. The van der Waals surface area contributed by atoms with Gasteiger partial charge in [0.1, 0.15) is 0 Å². The SMILES string of the molecule is Cc1ccccc1CC(C)NCC1CNCC1O. The topological polar surface area (TPSA) is 44.3 Å². The minimum atomic E-state index is -0.192. The van der Waals surface area contributed by atoms with Crippen molar-refractivity contribution in [1.82, 2.24) is 10.6 Å². The lowest BCUT2D eigenvalue weighted by Gasteiger charge is -2.19. The molecule has 0 bridgehead atoms. The molecule has 0 radical (unpaired) electrons. The first kappa shape index (κ1) is 13.5. The average molecular weight is 248 g/mol. The first-order valence-electron chi connectivity index (χ1n) is 6.83. The Hall–Kier alpha value is -0.900. The molecule has 1 aromatic rings. The van der Waals surface area contributed by atoms with E-state index in [1.54, 1.807) is 0 Å². The van der Waals surface area contributed by atoms with Gasteiger partial charge in [-0.15, -0.1) is 0 Å². The minimum Gasteiger partial charge on any atom is -0.391 e. The summed E-state index contributed by atoms with van der Waals surface area (Å²) in [6.45, 7) is 6.92. The number of hydrogen-bond acceptors (Lipinski definition) is 3. The Labute approximate surface area is 110 Å². The van der Waals surface area contributed by atoms with Crippen molar-refractivity contribution >= 4 is 0 Å². The van der Waals surface area contributed by atoms with Crippen LogP contribution in [-0.2, 0) is 6.42 Å². The maximum absolute atomic E-state index is 9.73. The summed E-state index contributed by atoms with van der Waals surface area (Å²) in [5, 5.41) is 16.5. The molecule has 1 aromatic carbocycles. The van der Waals surface area contributed by atoms with Gasteiger partial charge in [-0.1, -0.05) is 24.3 Å². The lowest BCUT2D eigenvalue weighted by molar-refractivity contribution is 0.145. The van der Waals surface area contributed by atoms with Gasteiger partial charge < -0.3 is 15.7 Å². The molecule has 3 atom stereocenters. The van der Waals surface area contributed by atoms with Gasteiger partial charge in [0.2, 0.25) is 0 Å². The lowest BCUT2D eigenvalue weighted by atomic mass is 10.0. The molecule has 18 heavy (non-hydrogen) atoms. The van der Waals surface area contributed by atoms with Crippen LogP contribution < -0.4 is 10.6 Å². The van der Waals surface area contributed by atoms with E-state index in [-0.39, 0.29) is 6.10 Å². The van der Waals surface area contributed by atoms with Crippen molar-refractivity contribution in [2.45, 2.75) is 32.4 Å². The third-order valence-corrected chi connectivity index (χ3v) is 3.82. The van der Waals surface area contributed by atoms with Gasteiger partial charge in [0.15, 0.2) is 0 Å². The van der Waals surface area contributed by atoms with Gasteiger partial charge in [0.05, 0.1) is 6.10 Å². The zero-order valence-electron chi connectivity index (χ0n) is 11.3. The number of hydrogen-bond donors (Lipinski definition) is 3. The predicted octanol–water partition coefficient (Wildman–Crippen LogP) is 1.10. The van der Waals surface area contributed by atoms with Gasteiger partial charge in [-0.25, -0.2) is 0 Å². The van der Waals surface area contributed by atoms with E-state index in [9.17, 15) is 5.11 Å². The van der Waals surface area contributed by atoms with Crippen molar-refractivity contribution < 1.29 is 5.11 Å². The van der Waals surface area contributed by atoms with Gasteiger partial charge in [-0.05, 0) is 31.4 Å². The number of nitrogens with one attached hydrogen (secondary N) is 2. The van der Waals surface area contributed by atoms with Crippen LogP contribution in [-0.4, -0.2) is 36.9 Å². The lowest BCUT2D eigenvalue weighted by Crippen LogP contribution is -2.36. The van der Waals surface area contributed by atoms with E-state index in [1.165, 1.54) is 11.1 Å². The Morgan fingerprint density at radius 3 is 2.83 bits per heavy atom. The van der Waals surface area contributed by atoms with E-state index < -0.39 is 0 Å². The highest BCUT2D eigenvalue weighted by molar-refractivity contribution is 5.26. The van der Waals surface area contributed by atoms with Crippen LogP contribution in [0, 0.1) is 12.8 Å². The largest absolute Gasteiger partial charge is 0.391 e. The van der Waals surface area contributed by atoms with E-state index in [0.717, 1.165) is 26.1 Å². The number of aliphatic hydroxyl groups excluding tert-OH is 1. The number of aryl methyl sites for hydroxylation is 1. The Balaban J connectivity index is 1.78. The standard InChI is InChI=1S/C15H24N2O/c1-11-5-3-4-6-13(11)7-12(2)17-9-14-8-16-10-15(14)18/h3-6,12,14-18H,7-10H2,1-2H3. The summed E-state index contributed by atoms with van der Waals surface area (Å²) < 4.78 is 0. The second kappa shape index (κ2) is 6.32. The molecule has 3 nitrogen and oxygen atoms in total. The number of rotatable bonds is 5. The van der Waals surface area contributed by atoms with Crippen molar-refractivity contribution in [3.05, 3.63) is 35.4 Å². The molecule has 1 fully saturated rings. The smallest absolute Gasteiger partial charge is 0.0716 e. The summed E-state index contributed by atoms with van der Waals surface area (Å²) in [6.07, 6.45) is 0.853. The van der Waals surface area contributed by atoms with Gasteiger partial charge in [0.25, 0.3) is 0 Å². The molecule has 1 heterocycles. The number of benzene rings is 1. The van der Waals surface area contributed by atoms with E-state index in [4.69, 9.17) is 0 Å². The molecule has 3 unspecified atom stereocenters. The first-order valence-corrected chi connectivity index (χ1v) is 6.83. The monoisotopic (exact) mass is 248 g/mol. The van der Waals surface area contributed by atoms with Crippen LogP contribution in [0.1, 0.15) is 18.1 Å². The molecule has 2 rings (SSSR count). The molecule has 0 amide bonds. The van der Waals surface area contributed by atoms with Crippen molar-refractivity contribution in [3.8, 4) is 0 Å². The highest BCUT2D eigenvalue weighted by Crippen LogP contribution is 2.11.